The fourth-order valence-corrected chi connectivity index (χ4v) is 2.85. The second-order valence-electron chi connectivity index (χ2n) is 6.06. The molecule has 0 atom stereocenters. The number of nitrogens with one attached hydrogen (secondary N) is 1. The van der Waals surface area contributed by atoms with Gasteiger partial charge in [-0.2, -0.15) is 0 Å². The molecule has 5 heteroatoms. The van der Waals surface area contributed by atoms with E-state index in [9.17, 15) is 9.90 Å². The number of fused-ring (bicyclic) bond motifs is 1. The van der Waals surface area contributed by atoms with E-state index in [1.54, 1.807) is 6.07 Å². The Kier molecular flexibility index (Phi) is 6.15. The Hall–Kier alpha value is -3.21. The second kappa shape index (κ2) is 8.94. The van der Waals surface area contributed by atoms with Gasteiger partial charge in [0, 0.05) is 11.8 Å². The van der Waals surface area contributed by atoms with Crippen molar-refractivity contribution >= 4 is 22.4 Å². The fourth-order valence-electron chi connectivity index (χ4n) is 2.85. The molecule has 0 heterocycles. The largest absolute Gasteiger partial charge is 0.506 e. The van der Waals surface area contributed by atoms with Crippen molar-refractivity contribution in [3.05, 3.63) is 60.7 Å². The number of phenolic OH excluding ortho intramolecular Hbond substituents is 1. The number of anilines is 1. The van der Waals surface area contributed by atoms with Gasteiger partial charge in [0.15, 0.2) is 11.5 Å². The van der Waals surface area contributed by atoms with E-state index in [0.29, 0.717) is 43.2 Å². The topological polar surface area (TPSA) is 67.8 Å². The molecule has 0 aliphatic heterocycles. The third kappa shape index (κ3) is 4.70. The lowest BCUT2D eigenvalue weighted by atomic mass is 10.1. The molecule has 140 valence electrons. The molecule has 0 fully saturated rings. The molecule has 27 heavy (non-hydrogen) atoms. The zero-order valence-corrected chi connectivity index (χ0v) is 15.3. The molecule has 3 aromatic carbocycles. The predicted molar refractivity (Wildman–Crippen MR) is 107 cm³/mol. The standard InChI is InChI=1S/C22H23NO4/c1-2-26-19-10-5-6-11-20(19)27-15-7-12-21(25)23-22-17-9-4-3-8-16(17)13-14-18(22)24/h3-6,8-11,13-14,24H,2,7,12,15H2,1H3,(H,23,25). The fraction of sp³-hybridized carbons (Fsp3) is 0.227. The first kappa shape index (κ1) is 18.6. The van der Waals surface area contributed by atoms with Crippen molar-refractivity contribution in [3.8, 4) is 17.2 Å². The second-order valence-corrected chi connectivity index (χ2v) is 6.06. The van der Waals surface area contributed by atoms with E-state index in [2.05, 4.69) is 5.32 Å². The summed E-state index contributed by atoms with van der Waals surface area (Å²) >= 11 is 0. The van der Waals surface area contributed by atoms with Gasteiger partial charge in [-0.05, 0) is 36.9 Å². The molecule has 1 amide bonds. The van der Waals surface area contributed by atoms with Crippen LogP contribution >= 0.6 is 0 Å². The van der Waals surface area contributed by atoms with Gasteiger partial charge < -0.3 is 19.9 Å². The van der Waals surface area contributed by atoms with Gasteiger partial charge in [0.1, 0.15) is 5.75 Å². The van der Waals surface area contributed by atoms with Crippen molar-refractivity contribution in [2.75, 3.05) is 18.5 Å². The summed E-state index contributed by atoms with van der Waals surface area (Å²) in [5, 5.41) is 14.7. The molecule has 0 aliphatic carbocycles. The van der Waals surface area contributed by atoms with Gasteiger partial charge in [0.2, 0.25) is 5.91 Å². The van der Waals surface area contributed by atoms with Crippen molar-refractivity contribution in [1.29, 1.82) is 0 Å². The third-order valence-electron chi connectivity index (χ3n) is 4.13. The molecule has 3 aromatic rings. The Morgan fingerprint density at radius 3 is 2.44 bits per heavy atom. The van der Waals surface area contributed by atoms with Gasteiger partial charge in [0.25, 0.3) is 0 Å². The molecule has 0 radical (unpaired) electrons. The minimum atomic E-state index is -0.164. The Labute approximate surface area is 158 Å². The van der Waals surface area contributed by atoms with Gasteiger partial charge in [-0.3, -0.25) is 4.79 Å². The van der Waals surface area contributed by atoms with Gasteiger partial charge in [0.05, 0.1) is 18.9 Å². The Morgan fingerprint density at radius 2 is 1.67 bits per heavy atom. The molecule has 0 aromatic heterocycles. The zero-order chi connectivity index (χ0) is 19.1. The Balaban J connectivity index is 1.55. The quantitative estimate of drug-likeness (QED) is 0.447. The monoisotopic (exact) mass is 365 g/mol. The van der Waals surface area contributed by atoms with Crippen molar-refractivity contribution in [2.45, 2.75) is 19.8 Å². The third-order valence-corrected chi connectivity index (χ3v) is 4.13. The number of hydrogen-bond donors (Lipinski definition) is 2. The molecular formula is C22H23NO4. The van der Waals surface area contributed by atoms with Crippen molar-refractivity contribution in [3.63, 3.8) is 0 Å². The Bertz CT molecular complexity index is 923. The summed E-state index contributed by atoms with van der Waals surface area (Å²) in [6.45, 7) is 2.89. The van der Waals surface area contributed by atoms with Gasteiger partial charge in [-0.25, -0.2) is 0 Å². The van der Waals surface area contributed by atoms with Gasteiger partial charge in [-0.1, -0.05) is 42.5 Å². The molecule has 5 nitrogen and oxygen atoms in total. The minimum absolute atomic E-state index is 0.0592. The van der Waals surface area contributed by atoms with Crippen LogP contribution in [0.3, 0.4) is 0 Å². The lowest BCUT2D eigenvalue weighted by molar-refractivity contribution is -0.116. The highest BCUT2D eigenvalue weighted by Gasteiger charge is 2.11. The van der Waals surface area contributed by atoms with E-state index in [1.807, 2.05) is 61.5 Å². The molecule has 0 saturated heterocycles. The number of ether oxygens (including phenoxy) is 2. The highest BCUT2D eigenvalue weighted by atomic mass is 16.5. The number of rotatable bonds is 8. The molecule has 0 aliphatic rings. The summed E-state index contributed by atoms with van der Waals surface area (Å²) in [4.78, 5) is 12.3. The van der Waals surface area contributed by atoms with Crippen LogP contribution in [0.15, 0.2) is 60.7 Å². The van der Waals surface area contributed by atoms with Gasteiger partial charge >= 0.3 is 0 Å². The smallest absolute Gasteiger partial charge is 0.224 e. The number of phenols is 1. The van der Waals surface area contributed by atoms with E-state index in [4.69, 9.17) is 9.47 Å². The van der Waals surface area contributed by atoms with E-state index in [0.717, 1.165) is 10.8 Å². The van der Waals surface area contributed by atoms with Crippen LogP contribution in [-0.2, 0) is 4.79 Å². The number of aromatic hydroxyl groups is 1. The number of hydrogen-bond acceptors (Lipinski definition) is 4. The highest BCUT2D eigenvalue weighted by molar-refractivity contribution is 6.04. The maximum atomic E-state index is 12.3. The SMILES string of the molecule is CCOc1ccccc1OCCCC(=O)Nc1c(O)ccc2ccccc12. The van der Waals surface area contributed by atoms with Crippen molar-refractivity contribution in [1.82, 2.24) is 0 Å². The predicted octanol–water partition coefficient (Wildman–Crippen LogP) is 4.74. The molecule has 2 N–H and O–H groups in total. The number of carbonyl (C=O) groups excluding carboxylic acids is 1. The van der Waals surface area contributed by atoms with Crippen molar-refractivity contribution in [2.24, 2.45) is 0 Å². The average molecular weight is 365 g/mol. The Morgan fingerprint density at radius 1 is 0.963 bits per heavy atom. The lowest BCUT2D eigenvalue weighted by Gasteiger charge is -2.12. The molecular weight excluding hydrogens is 342 g/mol. The normalized spacial score (nSPS) is 10.6. The molecule has 0 unspecified atom stereocenters. The van der Waals surface area contributed by atoms with Crippen LogP contribution in [0.1, 0.15) is 19.8 Å². The van der Waals surface area contributed by atoms with Crippen LogP contribution in [0, 0.1) is 0 Å². The van der Waals surface area contributed by atoms with Crippen LogP contribution in [0.4, 0.5) is 5.69 Å². The summed E-state index contributed by atoms with van der Waals surface area (Å²) in [5.74, 6) is 1.27. The first-order valence-corrected chi connectivity index (χ1v) is 9.04. The maximum absolute atomic E-state index is 12.3. The van der Waals surface area contributed by atoms with Gasteiger partial charge in [-0.15, -0.1) is 0 Å². The van der Waals surface area contributed by atoms with Crippen molar-refractivity contribution < 1.29 is 19.4 Å². The number of benzene rings is 3. The van der Waals surface area contributed by atoms with E-state index in [-0.39, 0.29) is 11.7 Å². The van der Waals surface area contributed by atoms with Crippen LogP contribution in [0.5, 0.6) is 17.2 Å². The molecule has 3 rings (SSSR count). The number of amides is 1. The molecule has 0 spiro atoms. The molecule has 0 bridgehead atoms. The van der Waals surface area contributed by atoms with Crippen LogP contribution < -0.4 is 14.8 Å². The first-order chi connectivity index (χ1) is 13.2. The maximum Gasteiger partial charge on any atom is 0.224 e. The number of para-hydroxylation sites is 2. The summed E-state index contributed by atoms with van der Waals surface area (Å²) in [6.07, 6.45) is 0.845. The molecule has 0 saturated carbocycles. The van der Waals surface area contributed by atoms with E-state index < -0.39 is 0 Å². The summed E-state index contributed by atoms with van der Waals surface area (Å²) < 4.78 is 11.2. The van der Waals surface area contributed by atoms with E-state index >= 15 is 0 Å². The number of carbonyl (C=O) groups is 1. The highest BCUT2D eigenvalue weighted by Crippen LogP contribution is 2.32. The summed E-state index contributed by atoms with van der Waals surface area (Å²) in [5.41, 5.74) is 0.445. The first-order valence-electron chi connectivity index (χ1n) is 9.04. The lowest BCUT2D eigenvalue weighted by Crippen LogP contribution is -2.13. The van der Waals surface area contributed by atoms with Crippen LogP contribution in [-0.4, -0.2) is 24.2 Å². The average Bonchev–Trinajstić information content (AvgIpc) is 2.69. The van der Waals surface area contributed by atoms with E-state index in [1.165, 1.54) is 0 Å². The summed E-state index contributed by atoms with van der Waals surface area (Å²) in [6, 6.07) is 18.5. The van der Waals surface area contributed by atoms with Crippen LogP contribution in [0.25, 0.3) is 10.8 Å². The van der Waals surface area contributed by atoms with Crippen LogP contribution in [0.2, 0.25) is 0 Å². The minimum Gasteiger partial charge on any atom is -0.506 e. The summed E-state index contributed by atoms with van der Waals surface area (Å²) in [7, 11) is 0. The zero-order valence-electron chi connectivity index (χ0n) is 15.3.